The van der Waals surface area contributed by atoms with Crippen molar-refractivity contribution in [2.45, 2.75) is 52.1 Å². The lowest BCUT2D eigenvalue weighted by molar-refractivity contribution is -0.144. The second kappa shape index (κ2) is 8.06. The van der Waals surface area contributed by atoms with Gasteiger partial charge in [-0.05, 0) is 32.1 Å². The summed E-state index contributed by atoms with van der Waals surface area (Å²) in [7, 11) is 0. The van der Waals surface area contributed by atoms with E-state index in [0.717, 1.165) is 0 Å². The standard InChI is InChI=1S/C12H22O5/c1-3-8(11(14)15)5-6-10(13)7-9(4-2)12(16)17/h8-10,13H,3-7H2,1-2H3,(H,14,15)(H,16,17). The first-order chi connectivity index (χ1) is 7.92. The van der Waals surface area contributed by atoms with Crippen LogP contribution in [0.15, 0.2) is 0 Å². The summed E-state index contributed by atoms with van der Waals surface area (Å²) in [6, 6.07) is 0. The fourth-order valence-corrected chi connectivity index (χ4v) is 1.78. The molecule has 0 amide bonds. The number of hydrogen-bond donors (Lipinski definition) is 3. The maximum absolute atomic E-state index is 10.8. The van der Waals surface area contributed by atoms with Crippen LogP contribution in [0.25, 0.3) is 0 Å². The number of carboxylic acid groups (broad SMARTS) is 2. The molecule has 5 heteroatoms. The Hall–Kier alpha value is -1.10. The first-order valence-electron chi connectivity index (χ1n) is 6.05. The van der Waals surface area contributed by atoms with E-state index in [-0.39, 0.29) is 6.42 Å². The maximum Gasteiger partial charge on any atom is 0.306 e. The molecule has 0 aliphatic carbocycles. The largest absolute Gasteiger partial charge is 0.481 e. The van der Waals surface area contributed by atoms with Crippen molar-refractivity contribution in [1.29, 1.82) is 0 Å². The van der Waals surface area contributed by atoms with Gasteiger partial charge < -0.3 is 15.3 Å². The second-order valence-electron chi connectivity index (χ2n) is 4.35. The fourth-order valence-electron chi connectivity index (χ4n) is 1.78. The minimum atomic E-state index is -0.906. The van der Waals surface area contributed by atoms with E-state index >= 15 is 0 Å². The van der Waals surface area contributed by atoms with Crippen LogP contribution in [0.2, 0.25) is 0 Å². The number of carbonyl (C=O) groups is 2. The Labute approximate surface area is 101 Å². The van der Waals surface area contributed by atoms with Crippen molar-refractivity contribution in [1.82, 2.24) is 0 Å². The van der Waals surface area contributed by atoms with Crippen molar-refractivity contribution in [3.8, 4) is 0 Å². The molecule has 3 atom stereocenters. The zero-order chi connectivity index (χ0) is 13.4. The molecule has 5 nitrogen and oxygen atoms in total. The molecular formula is C12H22O5. The van der Waals surface area contributed by atoms with Crippen LogP contribution in [0.3, 0.4) is 0 Å². The van der Waals surface area contributed by atoms with Gasteiger partial charge in [-0.3, -0.25) is 9.59 Å². The molecule has 0 aliphatic heterocycles. The molecule has 0 rings (SSSR count). The number of aliphatic carboxylic acids is 2. The highest BCUT2D eigenvalue weighted by atomic mass is 16.4. The van der Waals surface area contributed by atoms with Crippen molar-refractivity contribution in [2.75, 3.05) is 0 Å². The number of rotatable bonds is 9. The topological polar surface area (TPSA) is 94.8 Å². The average molecular weight is 246 g/mol. The van der Waals surface area contributed by atoms with Crippen LogP contribution in [-0.4, -0.2) is 33.4 Å². The minimum absolute atomic E-state index is 0.196. The lowest BCUT2D eigenvalue weighted by Crippen LogP contribution is -2.22. The van der Waals surface area contributed by atoms with E-state index in [9.17, 15) is 14.7 Å². The van der Waals surface area contributed by atoms with Gasteiger partial charge in [-0.15, -0.1) is 0 Å². The van der Waals surface area contributed by atoms with Gasteiger partial charge in [0.25, 0.3) is 0 Å². The fraction of sp³-hybridized carbons (Fsp3) is 0.833. The summed E-state index contributed by atoms with van der Waals surface area (Å²) in [5, 5.41) is 27.3. The normalized spacial score (nSPS) is 16.2. The second-order valence-corrected chi connectivity index (χ2v) is 4.35. The third-order valence-electron chi connectivity index (χ3n) is 3.09. The van der Waals surface area contributed by atoms with Gasteiger partial charge in [0.05, 0.1) is 17.9 Å². The maximum atomic E-state index is 10.8. The van der Waals surface area contributed by atoms with Gasteiger partial charge in [0.15, 0.2) is 0 Å². The number of aliphatic hydroxyl groups is 1. The van der Waals surface area contributed by atoms with Gasteiger partial charge in [0.2, 0.25) is 0 Å². The molecule has 3 N–H and O–H groups in total. The molecule has 0 saturated carbocycles. The quantitative estimate of drug-likeness (QED) is 0.576. The minimum Gasteiger partial charge on any atom is -0.481 e. The van der Waals surface area contributed by atoms with Crippen molar-refractivity contribution in [3.05, 3.63) is 0 Å². The smallest absolute Gasteiger partial charge is 0.306 e. The van der Waals surface area contributed by atoms with E-state index < -0.39 is 29.9 Å². The number of hydrogen-bond acceptors (Lipinski definition) is 3. The number of aliphatic hydroxyl groups excluding tert-OH is 1. The summed E-state index contributed by atoms with van der Waals surface area (Å²) >= 11 is 0. The van der Waals surface area contributed by atoms with Crippen LogP contribution in [0, 0.1) is 11.8 Å². The average Bonchev–Trinajstić information content (AvgIpc) is 2.25. The Kier molecular flexibility index (Phi) is 7.54. The summed E-state index contributed by atoms with van der Waals surface area (Å²) in [6.45, 7) is 3.55. The molecule has 17 heavy (non-hydrogen) atoms. The zero-order valence-corrected chi connectivity index (χ0v) is 10.4. The summed E-state index contributed by atoms with van der Waals surface area (Å²) in [6.07, 6.45) is 1.20. The van der Waals surface area contributed by atoms with E-state index in [0.29, 0.717) is 25.7 Å². The van der Waals surface area contributed by atoms with Crippen LogP contribution in [-0.2, 0) is 9.59 Å². The van der Waals surface area contributed by atoms with E-state index in [4.69, 9.17) is 10.2 Å². The SMILES string of the molecule is CCC(CCC(O)CC(CC)C(=O)O)C(=O)O. The Bertz CT molecular complexity index is 251. The lowest BCUT2D eigenvalue weighted by Gasteiger charge is -2.17. The molecular weight excluding hydrogens is 224 g/mol. The Balaban J connectivity index is 4.04. The van der Waals surface area contributed by atoms with E-state index in [1.54, 1.807) is 13.8 Å². The zero-order valence-electron chi connectivity index (χ0n) is 10.4. The van der Waals surface area contributed by atoms with E-state index in [1.165, 1.54) is 0 Å². The molecule has 0 saturated heterocycles. The monoisotopic (exact) mass is 246 g/mol. The molecule has 0 heterocycles. The van der Waals surface area contributed by atoms with E-state index in [1.807, 2.05) is 0 Å². The summed E-state index contributed by atoms with van der Waals surface area (Å²) < 4.78 is 0. The molecule has 0 aromatic rings. The predicted octanol–water partition coefficient (Wildman–Crippen LogP) is 1.74. The van der Waals surface area contributed by atoms with Crippen molar-refractivity contribution in [3.63, 3.8) is 0 Å². The third kappa shape index (κ3) is 6.26. The molecule has 0 aliphatic rings. The van der Waals surface area contributed by atoms with Gasteiger partial charge in [-0.1, -0.05) is 13.8 Å². The first kappa shape index (κ1) is 15.9. The van der Waals surface area contributed by atoms with Gasteiger partial charge in [0.1, 0.15) is 0 Å². The third-order valence-corrected chi connectivity index (χ3v) is 3.09. The van der Waals surface area contributed by atoms with Crippen LogP contribution in [0.5, 0.6) is 0 Å². The molecule has 0 fully saturated rings. The van der Waals surface area contributed by atoms with Gasteiger partial charge in [-0.2, -0.15) is 0 Å². The Morgan fingerprint density at radius 3 is 1.76 bits per heavy atom. The predicted molar refractivity (Wildman–Crippen MR) is 62.7 cm³/mol. The highest BCUT2D eigenvalue weighted by Crippen LogP contribution is 2.18. The molecule has 100 valence electrons. The molecule has 0 aromatic heterocycles. The van der Waals surface area contributed by atoms with Crippen molar-refractivity contribution >= 4 is 11.9 Å². The van der Waals surface area contributed by atoms with Crippen LogP contribution >= 0.6 is 0 Å². The van der Waals surface area contributed by atoms with Crippen molar-refractivity contribution < 1.29 is 24.9 Å². The van der Waals surface area contributed by atoms with Gasteiger partial charge in [-0.25, -0.2) is 0 Å². The highest BCUT2D eigenvalue weighted by molar-refractivity contribution is 5.70. The summed E-state index contributed by atoms with van der Waals surface area (Å²) in [4.78, 5) is 21.5. The van der Waals surface area contributed by atoms with Gasteiger partial charge >= 0.3 is 11.9 Å². The summed E-state index contributed by atoms with van der Waals surface area (Å²) in [5.74, 6) is -2.76. The molecule has 3 unspecified atom stereocenters. The number of carboxylic acids is 2. The lowest BCUT2D eigenvalue weighted by atomic mass is 9.93. The van der Waals surface area contributed by atoms with Crippen LogP contribution < -0.4 is 0 Å². The van der Waals surface area contributed by atoms with Gasteiger partial charge in [0, 0.05) is 0 Å². The van der Waals surface area contributed by atoms with E-state index in [2.05, 4.69) is 0 Å². The highest BCUT2D eigenvalue weighted by Gasteiger charge is 2.21. The Morgan fingerprint density at radius 2 is 1.41 bits per heavy atom. The van der Waals surface area contributed by atoms with Crippen LogP contribution in [0.1, 0.15) is 46.0 Å². The first-order valence-corrected chi connectivity index (χ1v) is 6.05. The summed E-state index contributed by atoms with van der Waals surface area (Å²) in [5.41, 5.74) is 0. The molecule has 0 bridgehead atoms. The Morgan fingerprint density at radius 1 is 0.941 bits per heavy atom. The molecule has 0 radical (unpaired) electrons. The van der Waals surface area contributed by atoms with Crippen molar-refractivity contribution in [2.24, 2.45) is 11.8 Å². The van der Waals surface area contributed by atoms with Crippen LogP contribution in [0.4, 0.5) is 0 Å². The molecule has 0 aromatic carbocycles. The molecule has 0 spiro atoms.